The molecule has 5 heteroatoms. The van der Waals surface area contributed by atoms with Crippen LogP contribution >= 0.6 is 0 Å². The zero-order valence-electron chi connectivity index (χ0n) is 12.5. The number of rotatable bonds is 5. The minimum atomic E-state index is 0.245. The second-order valence-corrected chi connectivity index (χ2v) is 5.02. The summed E-state index contributed by atoms with van der Waals surface area (Å²) >= 11 is 0. The molecule has 5 nitrogen and oxygen atoms in total. The normalized spacial score (nSPS) is 15.8. The van der Waals surface area contributed by atoms with E-state index in [1.807, 2.05) is 29.3 Å². The first-order chi connectivity index (χ1) is 9.74. The highest BCUT2D eigenvalue weighted by atomic mass is 16.2. The summed E-state index contributed by atoms with van der Waals surface area (Å²) in [6.45, 7) is 9.88. The molecule has 0 bridgehead atoms. The van der Waals surface area contributed by atoms with Gasteiger partial charge >= 0.3 is 0 Å². The van der Waals surface area contributed by atoms with Crippen LogP contribution in [0.15, 0.2) is 24.4 Å². The number of hydrogen-bond donors (Lipinski definition) is 0. The van der Waals surface area contributed by atoms with Crippen molar-refractivity contribution in [3.8, 4) is 0 Å². The fourth-order valence-corrected chi connectivity index (χ4v) is 2.46. The number of anilines is 1. The summed E-state index contributed by atoms with van der Waals surface area (Å²) in [5.74, 6) is 1.25. The Morgan fingerprint density at radius 2 is 1.90 bits per heavy atom. The van der Waals surface area contributed by atoms with Gasteiger partial charge in [-0.15, -0.1) is 0 Å². The number of carbonyl (C=O) groups excluding carboxylic acids is 1. The SMILES string of the molecule is CCN(CC)CC(=O)N1CCN(c2ccccn2)CC1. The van der Waals surface area contributed by atoms with Gasteiger partial charge < -0.3 is 9.80 Å². The van der Waals surface area contributed by atoms with Crippen molar-refractivity contribution in [3.05, 3.63) is 24.4 Å². The van der Waals surface area contributed by atoms with Gasteiger partial charge in [0.05, 0.1) is 6.54 Å². The third-order valence-electron chi connectivity index (χ3n) is 3.86. The Labute approximate surface area is 121 Å². The first-order valence-electron chi connectivity index (χ1n) is 7.40. The minimum absolute atomic E-state index is 0.245. The molecule has 0 spiro atoms. The molecule has 1 aliphatic rings. The number of hydrogen-bond acceptors (Lipinski definition) is 4. The van der Waals surface area contributed by atoms with Crippen LogP contribution in [0.4, 0.5) is 5.82 Å². The van der Waals surface area contributed by atoms with Gasteiger partial charge in [0.1, 0.15) is 5.82 Å². The van der Waals surface area contributed by atoms with E-state index in [9.17, 15) is 4.79 Å². The molecule has 2 rings (SSSR count). The van der Waals surface area contributed by atoms with E-state index in [0.717, 1.165) is 45.1 Å². The van der Waals surface area contributed by atoms with E-state index in [4.69, 9.17) is 0 Å². The smallest absolute Gasteiger partial charge is 0.236 e. The maximum absolute atomic E-state index is 12.2. The van der Waals surface area contributed by atoms with Crippen LogP contribution in [-0.4, -0.2) is 66.5 Å². The Kier molecular flexibility index (Phi) is 5.35. The second-order valence-electron chi connectivity index (χ2n) is 5.02. The van der Waals surface area contributed by atoms with Crippen LogP contribution in [-0.2, 0) is 4.79 Å². The lowest BCUT2D eigenvalue weighted by atomic mass is 10.3. The zero-order valence-corrected chi connectivity index (χ0v) is 12.5. The number of amides is 1. The van der Waals surface area contributed by atoms with Crippen molar-refractivity contribution in [1.82, 2.24) is 14.8 Å². The summed E-state index contributed by atoms with van der Waals surface area (Å²) < 4.78 is 0. The van der Waals surface area contributed by atoms with Gasteiger partial charge in [0.2, 0.25) is 5.91 Å². The maximum Gasteiger partial charge on any atom is 0.236 e. The van der Waals surface area contributed by atoms with E-state index < -0.39 is 0 Å². The average molecular weight is 276 g/mol. The van der Waals surface area contributed by atoms with Crippen molar-refractivity contribution in [3.63, 3.8) is 0 Å². The summed E-state index contributed by atoms with van der Waals surface area (Å²) in [4.78, 5) is 22.9. The highest BCUT2D eigenvalue weighted by Crippen LogP contribution is 2.12. The van der Waals surface area contributed by atoms with Gasteiger partial charge in [-0.3, -0.25) is 9.69 Å². The highest BCUT2D eigenvalue weighted by molar-refractivity contribution is 5.78. The van der Waals surface area contributed by atoms with Crippen molar-refractivity contribution in [1.29, 1.82) is 0 Å². The van der Waals surface area contributed by atoms with E-state index in [2.05, 4.69) is 28.6 Å². The van der Waals surface area contributed by atoms with Gasteiger partial charge in [-0.25, -0.2) is 4.98 Å². The van der Waals surface area contributed by atoms with Gasteiger partial charge in [-0.2, -0.15) is 0 Å². The second kappa shape index (κ2) is 7.24. The maximum atomic E-state index is 12.2. The summed E-state index contributed by atoms with van der Waals surface area (Å²) in [5, 5.41) is 0. The van der Waals surface area contributed by atoms with Crippen LogP contribution in [0.3, 0.4) is 0 Å². The first kappa shape index (κ1) is 14.8. The summed E-state index contributed by atoms with van der Waals surface area (Å²) in [6, 6.07) is 5.95. The van der Waals surface area contributed by atoms with Crippen molar-refractivity contribution < 1.29 is 4.79 Å². The van der Waals surface area contributed by atoms with Gasteiger partial charge in [0.25, 0.3) is 0 Å². The molecular formula is C15H24N4O. The fraction of sp³-hybridized carbons (Fsp3) is 0.600. The predicted octanol–water partition coefficient (Wildman–Crippen LogP) is 1.07. The molecule has 1 aliphatic heterocycles. The third-order valence-corrected chi connectivity index (χ3v) is 3.86. The molecule has 1 fully saturated rings. The molecule has 2 heterocycles. The van der Waals surface area contributed by atoms with Crippen LogP contribution in [0.2, 0.25) is 0 Å². The Balaban J connectivity index is 1.83. The minimum Gasteiger partial charge on any atom is -0.353 e. The van der Waals surface area contributed by atoms with Gasteiger partial charge in [0.15, 0.2) is 0 Å². The van der Waals surface area contributed by atoms with Gasteiger partial charge in [0, 0.05) is 32.4 Å². The predicted molar refractivity (Wildman–Crippen MR) is 80.8 cm³/mol. The molecule has 0 atom stereocenters. The molecule has 1 amide bonds. The van der Waals surface area contributed by atoms with Crippen molar-refractivity contribution in [2.75, 3.05) is 50.7 Å². The third kappa shape index (κ3) is 3.70. The molecule has 0 unspecified atom stereocenters. The summed E-state index contributed by atoms with van der Waals surface area (Å²) in [5.41, 5.74) is 0. The molecule has 110 valence electrons. The first-order valence-corrected chi connectivity index (χ1v) is 7.40. The van der Waals surface area contributed by atoms with Crippen LogP contribution in [0.5, 0.6) is 0 Å². The van der Waals surface area contributed by atoms with Crippen molar-refractivity contribution >= 4 is 11.7 Å². The molecule has 1 saturated heterocycles. The topological polar surface area (TPSA) is 39.7 Å². The molecule has 20 heavy (non-hydrogen) atoms. The molecule has 1 aromatic heterocycles. The molecule has 0 radical (unpaired) electrons. The summed E-state index contributed by atoms with van der Waals surface area (Å²) in [6.07, 6.45) is 1.81. The van der Waals surface area contributed by atoms with E-state index in [1.165, 1.54) is 0 Å². The van der Waals surface area contributed by atoms with E-state index in [1.54, 1.807) is 0 Å². The number of carbonyl (C=O) groups is 1. The molecular weight excluding hydrogens is 252 g/mol. The van der Waals surface area contributed by atoms with Crippen LogP contribution in [0, 0.1) is 0 Å². The quantitative estimate of drug-likeness (QED) is 0.806. The standard InChI is InChI=1S/C15H24N4O/c1-3-17(4-2)13-15(20)19-11-9-18(10-12-19)14-7-5-6-8-16-14/h5-8H,3-4,9-13H2,1-2H3. The van der Waals surface area contributed by atoms with Crippen LogP contribution < -0.4 is 4.90 Å². The number of aromatic nitrogens is 1. The number of nitrogens with zero attached hydrogens (tertiary/aromatic N) is 4. The Morgan fingerprint density at radius 1 is 1.20 bits per heavy atom. The lowest BCUT2D eigenvalue weighted by Crippen LogP contribution is -2.51. The number of likely N-dealkylation sites (N-methyl/N-ethyl adjacent to an activating group) is 1. The largest absolute Gasteiger partial charge is 0.353 e. The van der Waals surface area contributed by atoms with E-state index >= 15 is 0 Å². The summed E-state index contributed by atoms with van der Waals surface area (Å²) in [7, 11) is 0. The molecule has 0 aliphatic carbocycles. The lowest BCUT2D eigenvalue weighted by Gasteiger charge is -2.36. The fourth-order valence-electron chi connectivity index (χ4n) is 2.46. The number of piperazine rings is 1. The van der Waals surface area contributed by atoms with E-state index in [-0.39, 0.29) is 5.91 Å². The average Bonchev–Trinajstić information content (AvgIpc) is 2.53. The van der Waals surface area contributed by atoms with Crippen molar-refractivity contribution in [2.45, 2.75) is 13.8 Å². The Bertz CT molecular complexity index is 411. The Hall–Kier alpha value is -1.62. The molecule has 0 N–H and O–H groups in total. The van der Waals surface area contributed by atoms with Crippen molar-refractivity contribution in [2.24, 2.45) is 0 Å². The van der Waals surface area contributed by atoms with E-state index in [0.29, 0.717) is 6.54 Å². The van der Waals surface area contributed by atoms with Gasteiger partial charge in [-0.05, 0) is 25.2 Å². The highest BCUT2D eigenvalue weighted by Gasteiger charge is 2.22. The monoisotopic (exact) mass is 276 g/mol. The van der Waals surface area contributed by atoms with Crippen LogP contribution in [0.1, 0.15) is 13.8 Å². The molecule has 1 aromatic rings. The van der Waals surface area contributed by atoms with Crippen LogP contribution in [0.25, 0.3) is 0 Å². The van der Waals surface area contributed by atoms with Gasteiger partial charge in [-0.1, -0.05) is 19.9 Å². The zero-order chi connectivity index (χ0) is 14.4. The lowest BCUT2D eigenvalue weighted by molar-refractivity contribution is -0.132. The molecule has 0 saturated carbocycles. The number of pyridine rings is 1. The Morgan fingerprint density at radius 3 is 2.45 bits per heavy atom. The molecule has 0 aromatic carbocycles.